The van der Waals surface area contributed by atoms with Crippen LogP contribution in [0.5, 0.6) is 0 Å². The lowest BCUT2D eigenvalue weighted by Crippen LogP contribution is -2.52. The maximum Gasteiger partial charge on any atom is 0.319 e. The summed E-state index contributed by atoms with van der Waals surface area (Å²) < 4.78 is 5.15. The Morgan fingerprint density at radius 3 is 2.32 bits per heavy atom. The van der Waals surface area contributed by atoms with E-state index < -0.39 is 23.3 Å². The number of nitrogens with zero attached hydrogens (tertiary/aromatic N) is 1. The molecule has 2 aliphatic rings. The van der Waals surface area contributed by atoms with Crippen LogP contribution < -0.4 is 5.32 Å². The van der Waals surface area contributed by atoms with E-state index in [1.165, 1.54) is 0 Å². The Labute approximate surface area is 110 Å². The van der Waals surface area contributed by atoms with Crippen molar-refractivity contribution in [3.63, 3.8) is 0 Å². The first-order valence-corrected chi connectivity index (χ1v) is 6.38. The fourth-order valence-corrected chi connectivity index (χ4v) is 2.12. The molecule has 0 spiro atoms. The van der Waals surface area contributed by atoms with Gasteiger partial charge in [0, 0.05) is 13.1 Å². The molecular weight excluding hydrogens is 252 g/mol. The van der Waals surface area contributed by atoms with E-state index in [0.717, 1.165) is 0 Å². The number of carbonyl (C=O) groups is 3. The van der Waals surface area contributed by atoms with Crippen molar-refractivity contribution in [2.75, 3.05) is 26.3 Å². The van der Waals surface area contributed by atoms with Gasteiger partial charge in [0.25, 0.3) is 0 Å². The third-order valence-corrected chi connectivity index (χ3v) is 3.63. The standard InChI is InChI=1S/C12H18N2O5/c1-8(9(15)14-4-6-19-7-5-14)13-10(16)12(2-3-12)11(17)18/h8H,2-7H2,1H3,(H,13,16)(H,17,18). The number of carbonyl (C=O) groups excluding carboxylic acids is 2. The highest BCUT2D eigenvalue weighted by Crippen LogP contribution is 2.46. The van der Waals surface area contributed by atoms with Crippen molar-refractivity contribution in [2.45, 2.75) is 25.8 Å². The van der Waals surface area contributed by atoms with Gasteiger partial charge in [0.05, 0.1) is 13.2 Å². The third-order valence-electron chi connectivity index (χ3n) is 3.63. The molecule has 0 aromatic heterocycles. The van der Waals surface area contributed by atoms with Gasteiger partial charge in [0.1, 0.15) is 11.5 Å². The molecule has 0 aromatic rings. The molecule has 106 valence electrons. The fourth-order valence-electron chi connectivity index (χ4n) is 2.12. The van der Waals surface area contributed by atoms with Crippen molar-refractivity contribution in [1.29, 1.82) is 0 Å². The summed E-state index contributed by atoms with van der Waals surface area (Å²) in [5.41, 5.74) is -1.31. The molecule has 1 saturated heterocycles. The van der Waals surface area contributed by atoms with E-state index in [0.29, 0.717) is 39.1 Å². The van der Waals surface area contributed by atoms with Crippen LogP contribution in [0.25, 0.3) is 0 Å². The lowest BCUT2D eigenvalue weighted by Gasteiger charge is -2.29. The van der Waals surface area contributed by atoms with Crippen molar-refractivity contribution < 1.29 is 24.2 Å². The van der Waals surface area contributed by atoms with E-state index >= 15 is 0 Å². The minimum Gasteiger partial charge on any atom is -0.480 e. The number of carboxylic acid groups (broad SMARTS) is 1. The van der Waals surface area contributed by atoms with Crippen molar-refractivity contribution in [3.05, 3.63) is 0 Å². The van der Waals surface area contributed by atoms with Crippen molar-refractivity contribution in [2.24, 2.45) is 5.41 Å². The van der Waals surface area contributed by atoms with Crippen LogP contribution in [-0.2, 0) is 19.1 Å². The molecule has 0 radical (unpaired) electrons. The van der Waals surface area contributed by atoms with Crippen LogP contribution in [0.15, 0.2) is 0 Å². The topological polar surface area (TPSA) is 95.9 Å². The largest absolute Gasteiger partial charge is 0.480 e. The quantitative estimate of drug-likeness (QED) is 0.653. The summed E-state index contributed by atoms with van der Waals surface area (Å²) in [5, 5.41) is 11.5. The van der Waals surface area contributed by atoms with E-state index in [4.69, 9.17) is 9.84 Å². The number of morpholine rings is 1. The van der Waals surface area contributed by atoms with Gasteiger partial charge in [-0.15, -0.1) is 0 Å². The Hall–Kier alpha value is -1.63. The molecule has 1 atom stereocenters. The minimum absolute atomic E-state index is 0.196. The molecule has 0 aromatic carbocycles. The number of aliphatic carboxylic acids is 1. The van der Waals surface area contributed by atoms with Crippen molar-refractivity contribution in [3.8, 4) is 0 Å². The van der Waals surface area contributed by atoms with Crippen LogP contribution in [0.2, 0.25) is 0 Å². The molecule has 1 saturated carbocycles. The summed E-state index contributed by atoms with van der Waals surface area (Å²) in [6, 6.07) is -0.706. The smallest absolute Gasteiger partial charge is 0.319 e. The summed E-state index contributed by atoms with van der Waals surface area (Å²) in [5.74, 6) is -1.87. The molecule has 1 unspecified atom stereocenters. The highest BCUT2D eigenvalue weighted by atomic mass is 16.5. The number of hydrogen-bond acceptors (Lipinski definition) is 4. The third kappa shape index (κ3) is 2.70. The predicted molar refractivity (Wildman–Crippen MR) is 64.3 cm³/mol. The first-order chi connectivity index (χ1) is 8.97. The van der Waals surface area contributed by atoms with Gasteiger partial charge < -0.3 is 20.1 Å². The van der Waals surface area contributed by atoms with Crippen molar-refractivity contribution >= 4 is 17.8 Å². The fraction of sp³-hybridized carbons (Fsp3) is 0.750. The van der Waals surface area contributed by atoms with Gasteiger partial charge in [-0.1, -0.05) is 0 Å². The molecule has 7 nitrogen and oxygen atoms in total. The van der Waals surface area contributed by atoms with Gasteiger partial charge in [-0.3, -0.25) is 14.4 Å². The van der Waals surface area contributed by atoms with E-state index in [1.54, 1.807) is 11.8 Å². The van der Waals surface area contributed by atoms with E-state index in [-0.39, 0.29) is 5.91 Å². The maximum absolute atomic E-state index is 12.1. The maximum atomic E-state index is 12.1. The molecule has 1 aliphatic carbocycles. The van der Waals surface area contributed by atoms with Crippen LogP contribution in [0.1, 0.15) is 19.8 Å². The average molecular weight is 270 g/mol. The molecule has 2 N–H and O–H groups in total. The molecule has 0 bridgehead atoms. The molecule has 1 heterocycles. The first kappa shape index (κ1) is 13.8. The molecule has 2 rings (SSSR count). The Morgan fingerprint density at radius 2 is 1.84 bits per heavy atom. The predicted octanol–water partition coefficient (Wildman–Crippen LogP) is -0.785. The van der Waals surface area contributed by atoms with Crippen LogP contribution in [0.3, 0.4) is 0 Å². The zero-order valence-corrected chi connectivity index (χ0v) is 10.8. The highest BCUT2D eigenvalue weighted by molar-refractivity contribution is 6.06. The monoisotopic (exact) mass is 270 g/mol. The Kier molecular flexibility index (Phi) is 3.75. The lowest BCUT2D eigenvalue weighted by molar-refractivity contribution is -0.150. The number of carboxylic acids is 1. The Balaban J connectivity index is 1.90. The molecule has 19 heavy (non-hydrogen) atoms. The molecule has 1 aliphatic heterocycles. The number of amides is 2. The SMILES string of the molecule is CC(NC(=O)C1(C(=O)O)CC1)C(=O)N1CCOCC1. The Bertz CT molecular complexity index is 399. The zero-order chi connectivity index (χ0) is 14.0. The average Bonchev–Trinajstić information content (AvgIpc) is 3.20. The first-order valence-electron chi connectivity index (χ1n) is 6.38. The van der Waals surface area contributed by atoms with Crippen LogP contribution >= 0.6 is 0 Å². The summed E-state index contributed by atoms with van der Waals surface area (Å²) >= 11 is 0. The number of rotatable bonds is 4. The zero-order valence-electron chi connectivity index (χ0n) is 10.8. The summed E-state index contributed by atoms with van der Waals surface area (Å²) in [7, 11) is 0. The molecular formula is C12H18N2O5. The molecule has 7 heteroatoms. The van der Waals surface area contributed by atoms with E-state index in [9.17, 15) is 14.4 Å². The molecule has 2 amide bonds. The van der Waals surface area contributed by atoms with Crippen LogP contribution in [-0.4, -0.2) is 60.1 Å². The van der Waals surface area contributed by atoms with Gasteiger partial charge in [0.2, 0.25) is 11.8 Å². The minimum atomic E-state index is -1.31. The summed E-state index contributed by atoms with van der Waals surface area (Å²) in [6.07, 6.45) is 0.680. The van der Waals surface area contributed by atoms with Gasteiger partial charge in [-0.05, 0) is 19.8 Å². The Morgan fingerprint density at radius 1 is 1.26 bits per heavy atom. The second-order valence-electron chi connectivity index (χ2n) is 5.02. The van der Waals surface area contributed by atoms with E-state index in [2.05, 4.69) is 5.32 Å². The number of hydrogen-bond donors (Lipinski definition) is 2. The van der Waals surface area contributed by atoms with Gasteiger partial charge >= 0.3 is 5.97 Å². The normalized spacial score (nSPS) is 22.5. The summed E-state index contributed by atoms with van der Waals surface area (Å²) in [4.78, 5) is 36.6. The summed E-state index contributed by atoms with van der Waals surface area (Å²) in [6.45, 7) is 3.57. The second-order valence-corrected chi connectivity index (χ2v) is 5.02. The van der Waals surface area contributed by atoms with E-state index in [1.807, 2.05) is 0 Å². The van der Waals surface area contributed by atoms with Crippen molar-refractivity contribution in [1.82, 2.24) is 10.2 Å². The number of ether oxygens (including phenoxy) is 1. The van der Waals surface area contributed by atoms with Crippen LogP contribution in [0, 0.1) is 5.41 Å². The van der Waals surface area contributed by atoms with Gasteiger partial charge in [0.15, 0.2) is 0 Å². The lowest BCUT2D eigenvalue weighted by atomic mass is 10.1. The molecule has 2 fully saturated rings. The van der Waals surface area contributed by atoms with Gasteiger partial charge in [-0.2, -0.15) is 0 Å². The van der Waals surface area contributed by atoms with Gasteiger partial charge in [-0.25, -0.2) is 0 Å². The highest BCUT2D eigenvalue weighted by Gasteiger charge is 2.57. The second kappa shape index (κ2) is 5.16. The number of nitrogens with one attached hydrogen (secondary N) is 1. The van der Waals surface area contributed by atoms with Crippen LogP contribution in [0.4, 0.5) is 0 Å².